The molecule has 24 heavy (non-hydrogen) atoms. The summed E-state index contributed by atoms with van der Waals surface area (Å²) in [6.45, 7) is -0.742. The molecule has 0 radical (unpaired) electrons. The molecule has 2 rings (SSSR count). The van der Waals surface area contributed by atoms with Gasteiger partial charge in [0.1, 0.15) is 23.1 Å². The number of halogens is 3. The molecular formula is C17H12F3NO3. The van der Waals surface area contributed by atoms with E-state index in [4.69, 9.17) is 0 Å². The molecule has 0 heterocycles. The Kier molecular flexibility index (Phi) is 5.73. The maximum atomic E-state index is 13.3. The highest BCUT2D eigenvalue weighted by Gasteiger charge is 2.12. The van der Waals surface area contributed by atoms with Crippen LogP contribution in [0.3, 0.4) is 0 Å². The normalized spacial score (nSPS) is 10.6. The Morgan fingerprint density at radius 2 is 1.58 bits per heavy atom. The summed E-state index contributed by atoms with van der Waals surface area (Å²) in [6.07, 6.45) is 2.13. The fourth-order valence-corrected chi connectivity index (χ4v) is 1.75. The Hall–Kier alpha value is -3.09. The molecule has 1 amide bonds. The van der Waals surface area contributed by atoms with Crippen LogP contribution in [-0.2, 0) is 14.3 Å². The molecule has 0 saturated heterocycles. The highest BCUT2D eigenvalue weighted by molar-refractivity contribution is 5.94. The predicted octanol–water partition coefficient (Wildman–Crippen LogP) is 3.30. The Morgan fingerprint density at radius 1 is 0.958 bits per heavy atom. The molecule has 0 bridgehead atoms. The first kappa shape index (κ1) is 17.3. The molecule has 1 N–H and O–H groups in total. The molecule has 0 aliphatic carbocycles. The van der Waals surface area contributed by atoms with Crippen LogP contribution in [0.1, 0.15) is 5.56 Å². The van der Waals surface area contributed by atoms with Gasteiger partial charge in [-0.15, -0.1) is 0 Å². The van der Waals surface area contributed by atoms with Crippen molar-refractivity contribution in [3.63, 3.8) is 0 Å². The van der Waals surface area contributed by atoms with Crippen LogP contribution in [0.25, 0.3) is 6.08 Å². The SMILES string of the molecule is O=C(COC(=O)/C=C/c1ccccc1F)Nc1c(F)cccc1F. The summed E-state index contributed by atoms with van der Waals surface area (Å²) in [7, 11) is 0. The second-order valence-electron chi connectivity index (χ2n) is 4.61. The van der Waals surface area contributed by atoms with Gasteiger partial charge in [0.25, 0.3) is 5.91 Å². The van der Waals surface area contributed by atoms with Crippen LogP contribution in [0.15, 0.2) is 48.5 Å². The number of carbonyl (C=O) groups excluding carboxylic acids is 2. The zero-order chi connectivity index (χ0) is 17.5. The van der Waals surface area contributed by atoms with Crippen molar-refractivity contribution in [3.05, 3.63) is 71.6 Å². The third-order valence-corrected chi connectivity index (χ3v) is 2.88. The molecule has 0 atom stereocenters. The number of para-hydroxylation sites is 1. The molecule has 0 unspecified atom stereocenters. The van der Waals surface area contributed by atoms with Crippen molar-refractivity contribution in [1.82, 2.24) is 0 Å². The van der Waals surface area contributed by atoms with Crippen molar-refractivity contribution in [3.8, 4) is 0 Å². The van der Waals surface area contributed by atoms with Gasteiger partial charge in [-0.05, 0) is 24.3 Å². The molecule has 0 aromatic heterocycles. The zero-order valence-electron chi connectivity index (χ0n) is 12.3. The van der Waals surface area contributed by atoms with Crippen LogP contribution in [0.4, 0.5) is 18.9 Å². The van der Waals surface area contributed by atoms with E-state index in [-0.39, 0.29) is 5.56 Å². The van der Waals surface area contributed by atoms with E-state index in [1.54, 1.807) is 6.07 Å². The quantitative estimate of drug-likeness (QED) is 0.674. The number of hydrogen-bond donors (Lipinski definition) is 1. The molecule has 2 aromatic carbocycles. The monoisotopic (exact) mass is 335 g/mol. The van der Waals surface area contributed by atoms with Gasteiger partial charge < -0.3 is 10.1 Å². The van der Waals surface area contributed by atoms with Gasteiger partial charge >= 0.3 is 5.97 Å². The first-order valence-corrected chi connectivity index (χ1v) is 6.80. The van der Waals surface area contributed by atoms with E-state index in [2.05, 4.69) is 4.74 Å². The van der Waals surface area contributed by atoms with Crippen molar-refractivity contribution in [2.75, 3.05) is 11.9 Å². The van der Waals surface area contributed by atoms with Crippen molar-refractivity contribution in [2.45, 2.75) is 0 Å². The van der Waals surface area contributed by atoms with Gasteiger partial charge in [-0.3, -0.25) is 4.79 Å². The molecule has 0 aliphatic rings. The first-order chi connectivity index (χ1) is 11.5. The predicted molar refractivity (Wildman–Crippen MR) is 81.4 cm³/mol. The van der Waals surface area contributed by atoms with E-state index < -0.39 is 41.6 Å². The molecule has 4 nitrogen and oxygen atoms in total. The summed E-state index contributed by atoms with van der Waals surface area (Å²) in [6, 6.07) is 8.85. The van der Waals surface area contributed by atoms with Crippen molar-refractivity contribution < 1.29 is 27.5 Å². The summed E-state index contributed by atoms with van der Waals surface area (Å²) in [5, 5.41) is 1.97. The van der Waals surface area contributed by atoms with Gasteiger partial charge in [-0.25, -0.2) is 18.0 Å². The van der Waals surface area contributed by atoms with Gasteiger partial charge in [0.2, 0.25) is 0 Å². The maximum absolute atomic E-state index is 13.3. The molecule has 0 saturated carbocycles. The maximum Gasteiger partial charge on any atom is 0.331 e. The minimum atomic E-state index is -0.950. The largest absolute Gasteiger partial charge is 0.452 e. The van der Waals surface area contributed by atoms with E-state index in [1.807, 2.05) is 5.32 Å². The Bertz CT molecular complexity index is 770. The van der Waals surface area contributed by atoms with Gasteiger partial charge in [-0.1, -0.05) is 24.3 Å². The number of hydrogen-bond acceptors (Lipinski definition) is 3. The van der Waals surface area contributed by atoms with Crippen LogP contribution >= 0.6 is 0 Å². The van der Waals surface area contributed by atoms with Gasteiger partial charge in [0, 0.05) is 11.6 Å². The summed E-state index contributed by atoms with van der Waals surface area (Å²) < 4.78 is 44.6. The van der Waals surface area contributed by atoms with E-state index in [1.165, 1.54) is 24.3 Å². The van der Waals surface area contributed by atoms with Crippen LogP contribution in [0, 0.1) is 17.5 Å². The van der Waals surface area contributed by atoms with Gasteiger partial charge in [0.05, 0.1) is 0 Å². The van der Waals surface area contributed by atoms with Crippen molar-refractivity contribution >= 4 is 23.6 Å². The summed E-state index contributed by atoms with van der Waals surface area (Å²) in [5.74, 6) is -4.23. The number of rotatable bonds is 5. The van der Waals surface area contributed by atoms with Crippen molar-refractivity contribution in [2.24, 2.45) is 0 Å². The number of ether oxygens (including phenoxy) is 1. The molecule has 7 heteroatoms. The van der Waals surface area contributed by atoms with Crippen LogP contribution in [-0.4, -0.2) is 18.5 Å². The molecule has 2 aromatic rings. The topological polar surface area (TPSA) is 55.4 Å². The lowest BCUT2D eigenvalue weighted by molar-refractivity contribution is -0.142. The Balaban J connectivity index is 1.88. The number of carbonyl (C=O) groups is 2. The number of esters is 1. The third-order valence-electron chi connectivity index (χ3n) is 2.88. The highest BCUT2D eigenvalue weighted by atomic mass is 19.1. The molecule has 0 aliphatic heterocycles. The second kappa shape index (κ2) is 7.96. The van der Waals surface area contributed by atoms with Crippen molar-refractivity contribution in [1.29, 1.82) is 0 Å². The van der Waals surface area contributed by atoms with E-state index >= 15 is 0 Å². The molecular weight excluding hydrogens is 323 g/mol. The third kappa shape index (κ3) is 4.70. The lowest BCUT2D eigenvalue weighted by atomic mass is 10.2. The smallest absolute Gasteiger partial charge is 0.331 e. The summed E-state index contributed by atoms with van der Waals surface area (Å²) in [5.41, 5.74) is -0.451. The molecule has 124 valence electrons. The summed E-state index contributed by atoms with van der Waals surface area (Å²) >= 11 is 0. The lowest BCUT2D eigenvalue weighted by Crippen LogP contribution is -2.21. The zero-order valence-corrected chi connectivity index (χ0v) is 12.3. The standard InChI is InChI=1S/C17H12F3NO3/c18-12-5-2-1-4-11(12)8-9-16(23)24-10-15(22)21-17-13(19)6-3-7-14(17)20/h1-9H,10H2,(H,21,22)/b9-8+. The van der Waals surface area contributed by atoms with Crippen LogP contribution in [0.5, 0.6) is 0 Å². The summed E-state index contributed by atoms with van der Waals surface area (Å²) in [4.78, 5) is 23.0. The number of nitrogens with one attached hydrogen (secondary N) is 1. The first-order valence-electron chi connectivity index (χ1n) is 6.80. The minimum absolute atomic E-state index is 0.173. The van der Waals surface area contributed by atoms with Crippen LogP contribution in [0.2, 0.25) is 0 Å². The highest BCUT2D eigenvalue weighted by Crippen LogP contribution is 2.17. The number of anilines is 1. The second-order valence-corrected chi connectivity index (χ2v) is 4.61. The Labute approximate surface area is 135 Å². The average molecular weight is 335 g/mol. The van der Waals surface area contributed by atoms with Gasteiger partial charge in [-0.2, -0.15) is 0 Å². The molecule has 0 spiro atoms. The van der Waals surface area contributed by atoms with E-state index in [0.29, 0.717) is 0 Å². The Morgan fingerprint density at radius 3 is 2.25 bits per heavy atom. The fraction of sp³-hybridized carbons (Fsp3) is 0.0588. The van der Waals surface area contributed by atoms with Crippen LogP contribution < -0.4 is 5.32 Å². The van der Waals surface area contributed by atoms with E-state index in [0.717, 1.165) is 24.3 Å². The fourth-order valence-electron chi connectivity index (χ4n) is 1.75. The van der Waals surface area contributed by atoms with Gasteiger partial charge in [0.15, 0.2) is 6.61 Å². The minimum Gasteiger partial charge on any atom is -0.452 e. The van der Waals surface area contributed by atoms with E-state index in [9.17, 15) is 22.8 Å². The lowest BCUT2D eigenvalue weighted by Gasteiger charge is -2.07. The molecule has 0 fully saturated rings. The number of amides is 1. The number of benzene rings is 2. The average Bonchev–Trinajstić information content (AvgIpc) is 2.56.